The highest BCUT2D eigenvalue weighted by molar-refractivity contribution is 5.87. The lowest BCUT2D eigenvalue weighted by Crippen LogP contribution is -2.23. The third-order valence-electron chi connectivity index (χ3n) is 3.62. The second-order valence-electron chi connectivity index (χ2n) is 5.49. The van der Waals surface area contributed by atoms with Gasteiger partial charge in [-0.2, -0.15) is 0 Å². The van der Waals surface area contributed by atoms with Crippen LogP contribution in [0.1, 0.15) is 51.0 Å². The van der Waals surface area contributed by atoms with E-state index in [4.69, 9.17) is 4.74 Å². The fourth-order valence-corrected chi connectivity index (χ4v) is 2.24. The summed E-state index contributed by atoms with van der Waals surface area (Å²) in [5.41, 5.74) is 1.20. The molecule has 1 rings (SSSR count). The van der Waals surface area contributed by atoms with E-state index in [-0.39, 0.29) is 5.91 Å². The van der Waals surface area contributed by atoms with E-state index in [1.165, 1.54) is 37.7 Å². The van der Waals surface area contributed by atoms with E-state index in [2.05, 4.69) is 12.2 Å². The highest BCUT2D eigenvalue weighted by atomic mass is 16.5. The number of allylic oxidation sites excluding steroid dienone is 1. The molecular weight excluding hydrogens is 274 g/mol. The molecule has 0 atom stereocenters. The van der Waals surface area contributed by atoms with Crippen molar-refractivity contribution in [2.45, 2.75) is 51.9 Å². The zero-order valence-electron chi connectivity index (χ0n) is 13.9. The lowest BCUT2D eigenvalue weighted by Gasteiger charge is -2.04. The molecular formula is C19H29NO2. The molecule has 1 N–H and O–H groups in total. The van der Waals surface area contributed by atoms with Crippen LogP contribution in [0.5, 0.6) is 5.75 Å². The Labute approximate surface area is 134 Å². The lowest BCUT2D eigenvalue weighted by atomic mass is 10.1. The smallest absolute Gasteiger partial charge is 0.243 e. The molecule has 0 aliphatic carbocycles. The molecule has 0 fully saturated rings. The summed E-state index contributed by atoms with van der Waals surface area (Å²) >= 11 is 0. The average molecular weight is 303 g/mol. The maximum atomic E-state index is 11.7. The van der Waals surface area contributed by atoms with Gasteiger partial charge in [0.1, 0.15) is 5.75 Å². The summed E-state index contributed by atoms with van der Waals surface area (Å²) in [6.45, 7) is 2.88. The molecule has 3 heteroatoms. The second-order valence-corrected chi connectivity index (χ2v) is 5.49. The molecule has 22 heavy (non-hydrogen) atoms. The molecule has 0 heterocycles. The van der Waals surface area contributed by atoms with Gasteiger partial charge in [-0.25, -0.2) is 0 Å². The summed E-state index contributed by atoms with van der Waals surface area (Å²) in [5.74, 6) is 0.858. The van der Waals surface area contributed by atoms with E-state index in [1.54, 1.807) is 13.2 Å². The first-order valence-corrected chi connectivity index (χ1v) is 8.33. The van der Waals surface area contributed by atoms with Crippen LogP contribution in [0.3, 0.4) is 0 Å². The molecule has 0 unspecified atom stereocenters. The van der Waals surface area contributed by atoms with Gasteiger partial charge < -0.3 is 10.1 Å². The number of methoxy groups -OCH3 is 1. The van der Waals surface area contributed by atoms with Crippen LogP contribution in [0.25, 0.3) is 0 Å². The van der Waals surface area contributed by atoms with Gasteiger partial charge in [0.2, 0.25) is 5.91 Å². The van der Waals surface area contributed by atoms with Crippen molar-refractivity contribution < 1.29 is 9.53 Å². The minimum atomic E-state index is 0.00192. The molecule has 1 aromatic rings. The first kappa shape index (κ1) is 18.3. The average Bonchev–Trinajstić information content (AvgIpc) is 2.54. The molecule has 0 saturated heterocycles. The Morgan fingerprint density at radius 1 is 1.14 bits per heavy atom. The number of ether oxygens (including phenoxy) is 1. The van der Waals surface area contributed by atoms with E-state index >= 15 is 0 Å². The molecule has 0 aliphatic heterocycles. The van der Waals surface area contributed by atoms with Crippen molar-refractivity contribution in [1.82, 2.24) is 5.32 Å². The van der Waals surface area contributed by atoms with Crippen LogP contribution in [-0.4, -0.2) is 19.6 Å². The first-order chi connectivity index (χ1) is 10.8. The van der Waals surface area contributed by atoms with Gasteiger partial charge in [0.25, 0.3) is 0 Å². The van der Waals surface area contributed by atoms with Gasteiger partial charge in [-0.15, -0.1) is 0 Å². The van der Waals surface area contributed by atoms with Crippen LogP contribution < -0.4 is 10.1 Å². The SMILES string of the molecule is CCCCCCC/C=C/C(=O)NCCc1ccc(OC)cc1. The van der Waals surface area contributed by atoms with E-state index in [0.717, 1.165) is 18.6 Å². The lowest BCUT2D eigenvalue weighted by molar-refractivity contribution is -0.116. The molecule has 0 bridgehead atoms. The normalized spacial score (nSPS) is 10.8. The van der Waals surface area contributed by atoms with Gasteiger partial charge in [0.15, 0.2) is 0 Å². The van der Waals surface area contributed by atoms with E-state index in [0.29, 0.717) is 6.54 Å². The summed E-state index contributed by atoms with van der Waals surface area (Å²) in [6, 6.07) is 7.93. The number of benzene rings is 1. The van der Waals surface area contributed by atoms with Crippen LogP contribution in [0, 0.1) is 0 Å². The number of nitrogens with one attached hydrogen (secondary N) is 1. The molecule has 0 aromatic heterocycles. The fourth-order valence-electron chi connectivity index (χ4n) is 2.24. The third kappa shape index (κ3) is 8.50. The van der Waals surface area contributed by atoms with Crippen LogP contribution in [-0.2, 0) is 11.2 Å². The Bertz CT molecular complexity index is 437. The molecule has 1 aromatic carbocycles. The fraction of sp³-hybridized carbons (Fsp3) is 0.526. The highest BCUT2D eigenvalue weighted by Gasteiger charge is 1.97. The first-order valence-electron chi connectivity index (χ1n) is 8.33. The Kier molecular flexibility index (Phi) is 9.84. The standard InChI is InChI=1S/C19H29NO2/c1-3-4-5-6-7-8-9-10-19(21)20-16-15-17-11-13-18(22-2)14-12-17/h9-14H,3-8,15-16H2,1-2H3,(H,20,21)/b10-9+. The largest absolute Gasteiger partial charge is 0.497 e. The van der Waals surface area contributed by atoms with Crippen LogP contribution in [0.2, 0.25) is 0 Å². The second kappa shape index (κ2) is 11.8. The van der Waals surface area contributed by atoms with Crippen LogP contribution in [0.4, 0.5) is 0 Å². The Balaban J connectivity index is 2.09. The maximum Gasteiger partial charge on any atom is 0.243 e. The van der Waals surface area contributed by atoms with E-state index in [1.807, 2.05) is 30.3 Å². The zero-order valence-corrected chi connectivity index (χ0v) is 13.9. The molecule has 3 nitrogen and oxygen atoms in total. The topological polar surface area (TPSA) is 38.3 Å². The van der Waals surface area contributed by atoms with Gasteiger partial charge >= 0.3 is 0 Å². The maximum absolute atomic E-state index is 11.7. The minimum Gasteiger partial charge on any atom is -0.497 e. The number of unbranched alkanes of at least 4 members (excludes halogenated alkanes) is 5. The van der Waals surface area contributed by atoms with E-state index < -0.39 is 0 Å². The Morgan fingerprint density at radius 3 is 2.55 bits per heavy atom. The number of carbonyl (C=O) groups excluding carboxylic acids is 1. The summed E-state index contributed by atoms with van der Waals surface area (Å²) in [6.07, 6.45) is 11.8. The highest BCUT2D eigenvalue weighted by Crippen LogP contribution is 2.11. The summed E-state index contributed by atoms with van der Waals surface area (Å²) in [4.78, 5) is 11.7. The van der Waals surface area contributed by atoms with Gasteiger partial charge in [-0.05, 0) is 43.0 Å². The van der Waals surface area contributed by atoms with Crippen molar-refractivity contribution in [3.8, 4) is 5.75 Å². The van der Waals surface area contributed by atoms with Crippen molar-refractivity contribution in [3.05, 3.63) is 42.0 Å². The summed E-state index contributed by atoms with van der Waals surface area (Å²) in [5, 5.41) is 2.91. The Morgan fingerprint density at radius 2 is 1.86 bits per heavy atom. The van der Waals surface area contributed by atoms with Gasteiger partial charge in [0.05, 0.1) is 7.11 Å². The molecule has 0 saturated carbocycles. The van der Waals surface area contributed by atoms with Crippen molar-refractivity contribution in [2.24, 2.45) is 0 Å². The molecule has 0 radical (unpaired) electrons. The van der Waals surface area contributed by atoms with Crippen LogP contribution >= 0.6 is 0 Å². The van der Waals surface area contributed by atoms with Gasteiger partial charge in [-0.1, -0.05) is 50.8 Å². The predicted octanol–water partition coefficient (Wildman–Crippen LogP) is 4.27. The Hall–Kier alpha value is -1.77. The van der Waals surface area contributed by atoms with Gasteiger partial charge in [0, 0.05) is 6.54 Å². The predicted molar refractivity (Wildman–Crippen MR) is 92.2 cm³/mol. The number of rotatable bonds is 11. The van der Waals surface area contributed by atoms with Crippen molar-refractivity contribution in [2.75, 3.05) is 13.7 Å². The number of amides is 1. The van der Waals surface area contributed by atoms with E-state index in [9.17, 15) is 4.79 Å². The quantitative estimate of drug-likeness (QED) is 0.490. The molecule has 0 aliphatic rings. The number of hydrogen-bond acceptors (Lipinski definition) is 2. The van der Waals surface area contributed by atoms with Crippen molar-refractivity contribution in [1.29, 1.82) is 0 Å². The van der Waals surface area contributed by atoms with Gasteiger partial charge in [-0.3, -0.25) is 4.79 Å². The number of carbonyl (C=O) groups is 1. The molecule has 1 amide bonds. The minimum absolute atomic E-state index is 0.00192. The molecule has 0 spiro atoms. The molecule has 122 valence electrons. The van der Waals surface area contributed by atoms with Crippen LogP contribution in [0.15, 0.2) is 36.4 Å². The zero-order chi connectivity index (χ0) is 16.0. The van der Waals surface area contributed by atoms with Crippen molar-refractivity contribution in [3.63, 3.8) is 0 Å². The van der Waals surface area contributed by atoms with Crippen molar-refractivity contribution >= 4 is 5.91 Å². The number of hydrogen-bond donors (Lipinski definition) is 1. The monoisotopic (exact) mass is 303 g/mol. The summed E-state index contributed by atoms with van der Waals surface area (Å²) < 4.78 is 5.12. The summed E-state index contributed by atoms with van der Waals surface area (Å²) in [7, 11) is 1.66. The third-order valence-corrected chi connectivity index (χ3v) is 3.62.